The Morgan fingerprint density at radius 2 is 2.05 bits per heavy atom. The van der Waals surface area contributed by atoms with E-state index in [9.17, 15) is 0 Å². The van der Waals surface area contributed by atoms with Crippen LogP contribution in [0.2, 0.25) is 0 Å². The summed E-state index contributed by atoms with van der Waals surface area (Å²) < 4.78 is 5.05. The lowest BCUT2D eigenvalue weighted by Gasteiger charge is -2.26. The molecular weight excluding hydrogens is 238 g/mol. The van der Waals surface area contributed by atoms with Gasteiger partial charge in [-0.15, -0.1) is 0 Å². The molecule has 4 heteroatoms. The van der Waals surface area contributed by atoms with E-state index in [0.717, 1.165) is 19.0 Å². The summed E-state index contributed by atoms with van der Waals surface area (Å²) in [5.41, 5.74) is 1.18. The highest BCUT2D eigenvalue weighted by Crippen LogP contribution is 2.09. The lowest BCUT2D eigenvalue weighted by atomic mass is 10.0. The first kappa shape index (κ1) is 15.9. The van der Waals surface area contributed by atoms with Gasteiger partial charge in [-0.05, 0) is 32.0 Å². The number of hydrogen-bond acceptors (Lipinski definition) is 4. The molecule has 19 heavy (non-hydrogen) atoms. The first-order valence-electron chi connectivity index (χ1n) is 6.89. The van der Waals surface area contributed by atoms with E-state index in [1.165, 1.54) is 12.0 Å². The van der Waals surface area contributed by atoms with Crippen molar-refractivity contribution in [2.75, 3.05) is 27.7 Å². The lowest BCUT2D eigenvalue weighted by molar-refractivity contribution is 0.246. The van der Waals surface area contributed by atoms with E-state index in [4.69, 9.17) is 4.74 Å². The molecule has 0 fully saturated rings. The van der Waals surface area contributed by atoms with Crippen LogP contribution < -0.4 is 10.1 Å². The number of methoxy groups -OCH3 is 1. The topological polar surface area (TPSA) is 37.4 Å². The zero-order valence-corrected chi connectivity index (χ0v) is 12.8. The summed E-state index contributed by atoms with van der Waals surface area (Å²) in [5.74, 6) is 1.38. The maximum absolute atomic E-state index is 5.05. The van der Waals surface area contributed by atoms with Gasteiger partial charge in [-0.1, -0.05) is 19.9 Å². The van der Waals surface area contributed by atoms with E-state index >= 15 is 0 Å². The van der Waals surface area contributed by atoms with E-state index in [1.54, 1.807) is 7.11 Å². The Morgan fingerprint density at radius 1 is 1.32 bits per heavy atom. The molecule has 108 valence electrons. The third-order valence-electron chi connectivity index (χ3n) is 3.19. The van der Waals surface area contributed by atoms with Crippen LogP contribution in [-0.2, 0) is 6.54 Å². The predicted molar refractivity (Wildman–Crippen MR) is 79.4 cm³/mol. The van der Waals surface area contributed by atoms with Crippen molar-refractivity contribution < 1.29 is 4.74 Å². The fourth-order valence-electron chi connectivity index (χ4n) is 2.04. The Hall–Kier alpha value is -1.13. The zero-order valence-electron chi connectivity index (χ0n) is 12.8. The Labute approximate surface area is 117 Å². The van der Waals surface area contributed by atoms with Crippen molar-refractivity contribution in [3.63, 3.8) is 0 Å². The maximum atomic E-state index is 5.05. The van der Waals surface area contributed by atoms with E-state index in [-0.39, 0.29) is 0 Å². The van der Waals surface area contributed by atoms with Crippen LogP contribution in [-0.4, -0.2) is 43.7 Å². The quantitative estimate of drug-likeness (QED) is 0.781. The highest BCUT2D eigenvalue weighted by Gasteiger charge is 2.12. The van der Waals surface area contributed by atoms with Crippen molar-refractivity contribution in [1.29, 1.82) is 0 Å². The summed E-state index contributed by atoms with van der Waals surface area (Å²) in [5, 5.41) is 3.50. The summed E-state index contributed by atoms with van der Waals surface area (Å²) in [6.07, 6.45) is 3.07. The highest BCUT2D eigenvalue weighted by molar-refractivity contribution is 5.17. The van der Waals surface area contributed by atoms with Crippen LogP contribution >= 0.6 is 0 Å². The first-order valence-corrected chi connectivity index (χ1v) is 6.89. The van der Waals surface area contributed by atoms with Crippen LogP contribution in [0.3, 0.4) is 0 Å². The molecule has 1 heterocycles. The molecule has 1 rings (SSSR count). The summed E-state index contributed by atoms with van der Waals surface area (Å²) in [4.78, 5) is 6.50. The van der Waals surface area contributed by atoms with Crippen molar-refractivity contribution in [3.8, 4) is 5.88 Å². The molecule has 0 amide bonds. The Bertz CT molecular complexity index is 349. The van der Waals surface area contributed by atoms with Crippen LogP contribution in [0.1, 0.15) is 25.8 Å². The van der Waals surface area contributed by atoms with Gasteiger partial charge in [0.15, 0.2) is 0 Å². The maximum Gasteiger partial charge on any atom is 0.212 e. The number of ether oxygens (including phenoxy) is 1. The van der Waals surface area contributed by atoms with Gasteiger partial charge in [0.05, 0.1) is 7.11 Å². The fourth-order valence-corrected chi connectivity index (χ4v) is 2.04. The molecule has 0 radical (unpaired) electrons. The molecule has 4 nitrogen and oxygen atoms in total. The van der Waals surface area contributed by atoms with Crippen molar-refractivity contribution >= 4 is 0 Å². The van der Waals surface area contributed by atoms with Crippen LogP contribution in [0.25, 0.3) is 0 Å². The summed E-state index contributed by atoms with van der Waals surface area (Å²) in [6.45, 7) is 6.38. The summed E-state index contributed by atoms with van der Waals surface area (Å²) in [6, 6.07) is 4.52. The molecule has 1 aromatic heterocycles. The fraction of sp³-hybridized carbons (Fsp3) is 0.667. The molecular formula is C15H27N3O. The molecule has 1 N–H and O–H groups in total. The second kappa shape index (κ2) is 8.12. The molecule has 1 atom stereocenters. The van der Waals surface area contributed by atoms with Gasteiger partial charge in [0.25, 0.3) is 0 Å². The molecule has 0 aliphatic heterocycles. The normalized spacial score (nSPS) is 13.0. The number of aromatic nitrogens is 1. The Kier molecular flexibility index (Phi) is 6.81. The van der Waals surface area contributed by atoms with E-state index in [1.807, 2.05) is 18.3 Å². The third-order valence-corrected chi connectivity index (χ3v) is 3.19. The molecule has 0 aliphatic carbocycles. The minimum Gasteiger partial charge on any atom is -0.481 e. The number of nitrogens with one attached hydrogen (secondary N) is 1. The largest absolute Gasteiger partial charge is 0.481 e. The van der Waals surface area contributed by atoms with Crippen molar-refractivity contribution in [3.05, 3.63) is 23.9 Å². The minimum atomic E-state index is 0.575. The van der Waals surface area contributed by atoms with Gasteiger partial charge in [0.2, 0.25) is 5.88 Å². The van der Waals surface area contributed by atoms with Gasteiger partial charge < -0.3 is 15.0 Å². The van der Waals surface area contributed by atoms with Gasteiger partial charge in [-0.25, -0.2) is 4.98 Å². The molecule has 1 aromatic rings. The SMILES string of the molecule is COc1ccc(CNCC(CC(C)C)N(C)C)cn1. The van der Waals surface area contributed by atoms with Crippen LogP contribution in [0.15, 0.2) is 18.3 Å². The lowest BCUT2D eigenvalue weighted by Crippen LogP contribution is -2.38. The number of rotatable bonds is 8. The van der Waals surface area contributed by atoms with Crippen molar-refractivity contribution in [2.24, 2.45) is 5.92 Å². The number of nitrogens with zero attached hydrogens (tertiary/aromatic N) is 2. The standard InChI is InChI=1S/C15H27N3O/c1-12(2)8-14(18(3)4)11-16-9-13-6-7-15(19-5)17-10-13/h6-7,10,12,14,16H,8-9,11H2,1-5H3. The van der Waals surface area contributed by atoms with Gasteiger partial charge in [-0.3, -0.25) is 0 Å². The second-order valence-corrected chi connectivity index (χ2v) is 5.59. The second-order valence-electron chi connectivity index (χ2n) is 5.59. The van der Waals surface area contributed by atoms with E-state index < -0.39 is 0 Å². The number of likely N-dealkylation sites (N-methyl/N-ethyl adjacent to an activating group) is 1. The highest BCUT2D eigenvalue weighted by atomic mass is 16.5. The molecule has 0 saturated heterocycles. The van der Waals surface area contributed by atoms with Crippen LogP contribution in [0.4, 0.5) is 0 Å². The summed E-state index contributed by atoms with van der Waals surface area (Å²) >= 11 is 0. The average molecular weight is 265 g/mol. The van der Waals surface area contributed by atoms with Crippen molar-refractivity contribution in [2.45, 2.75) is 32.9 Å². The number of pyridine rings is 1. The van der Waals surface area contributed by atoms with Crippen LogP contribution in [0.5, 0.6) is 5.88 Å². The smallest absolute Gasteiger partial charge is 0.212 e. The predicted octanol–water partition coefficient (Wildman–Crippen LogP) is 2.16. The molecule has 0 aromatic carbocycles. The number of hydrogen-bond donors (Lipinski definition) is 1. The molecule has 0 aliphatic rings. The van der Waals surface area contributed by atoms with Gasteiger partial charge in [0.1, 0.15) is 0 Å². The van der Waals surface area contributed by atoms with E-state index in [2.05, 4.69) is 43.1 Å². The Balaban J connectivity index is 2.38. The van der Waals surface area contributed by atoms with Crippen molar-refractivity contribution in [1.82, 2.24) is 15.2 Å². The first-order chi connectivity index (χ1) is 9.02. The monoisotopic (exact) mass is 265 g/mol. The van der Waals surface area contributed by atoms with E-state index in [0.29, 0.717) is 11.9 Å². The van der Waals surface area contributed by atoms with Gasteiger partial charge >= 0.3 is 0 Å². The zero-order chi connectivity index (χ0) is 14.3. The average Bonchev–Trinajstić information content (AvgIpc) is 2.37. The van der Waals surface area contributed by atoms with Gasteiger partial charge in [-0.2, -0.15) is 0 Å². The molecule has 0 saturated carbocycles. The van der Waals surface area contributed by atoms with Gasteiger partial charge in [0, 0.05) is 31.4 Å². The molecule has 0 spiro atoms. The molecule has 0 bridgehead atoms. The van der Waals surface area contributed by atoms with Crippen LogP contribution in [0, 0.1) is 5.92 Å². The summed E-state index contributed by atoms with van der Waals surface area (Å²) in [7, 11) is 5.92. The minimum absolute atomic E-state index is 0.575. The molecule has 1 unspecified atom stereocenters. The third kappa shape index (κ3) is 6.03. The Morgan fingerprint density at radius 3 is 2.53 bits per heavy atom.